The van der Waals surface area contributed by atoms with Gasteiger partial charge < -0.3 is 9.30 Å². The van der Waals surface area contributed by atoms with Crippen molar-refractivity contribution >= 4 is 35.0 Å². The molecule has 0 bridgehead atoms. The Morgan fingerprint density at radius 2 is 2.15 bits per heavy atom. The number of anilines is 1. The molecule has 172 valence electrons. The third-order valence-corrected chi connectivity index (χ3v) is 6.92. The first kappa shape index (κ1) is 22.7. The summed E-state index contributed by atoms with van der Waals surface area (Å²) in [5.74, 6) is 0.140. The highest BCUT2D eigenvalue weighted by Crippen LogP contribution is 2.39. The van der Waals surface area contributed by atoms with Gasteiger partial charge in [-0.3, -0.25) is 15.5 Å². The van der Waals surface area contributed by atoms with Gasteiger partial charge in [-0.25, -0.2) is 9.78 Å². The van der Waals surface area contributed by atoms with Crippen molar-refractivity contribution in [2.24, 2.45) is 5.10 Å². The van der Waals surface area contributed by atoms with Crippen molar-refractivity contribution in [3.05, 3.63) is 67.5 Å². The summed E-state index contributed by atoms with van der Waals surface area (Å²) in [5, 5.41) is 15.9. The van der Waals surface area contributed by atoms with Crippen LogP contribution in [-0.2, 0) is 17.6 Å². The normalized spacial score (nSPS) is 13.2. The Bertz CT molecular complexity index is 1230. The number of pyridine rings is 1. The first-order valence-electron chi connectivity index (χ1n) is 10.8. The van der Waals surface area contributed by atoms with Crippen molar-refractivity contribution in [1.29, 1.82) is 0 Å². The van der Waals surface area contributed by atoms with Crippen LogP contribution in [0, 0.1) is 24.0 Å². The molecule has 0 aliphatic heterocycles. The van der Waals surface area contributed by atoms with Gasteiger partial charge in [-0.1, -0.05) is 0 Å². The first-order chi connectivity index (χ1) is 15.9. The van der Waals surface area contributed by atoms with E-state index in [1.807, 2.05) is 26.8 Å². The molecule has 0 unspecified atom stereocenters. The van der Waals surface area contributed by atoms with Gasteiger partial charge in [0, 0.05) is 27.9 Å². The standard InChI is InChI=1S/C23H25N5O4S/c1-4-32-23(29)21-18-7-5-6-8-19(18)33-22(21)27-14(2)11-16(15(27)3)12-25-26-20-10-9-17(13-24-20)28(30)31/h9-13H,4-8H2,1-3H3,(H,24,26). The highest BCUT2D eigenvalue weighted by molar-refractivity contribution is 7.15. The lowest BCUT2D eigenvalue weighted by molar-refractivity contribution is -0.385. The maximum absolute atomic E-state index is 12.9. The second-order valence-electron chi connectivity index (χ2n) is 7.80. The van der Waals surface area contributed by atoms with Crippen LogP contribution >= 0.6 is 11.3 Å². The van der Waals surface area contributed by atoms with Gasteiger partial charge in [0.2, 0.25) is 0 Å². The summed E-state index contributed by atoms with van der Waals surface area (Å²) >= 11 is 1.67. The minimum atomic E-state index is -0.498. The minimum absolute atomic E-state index is 0.0795. The Balaban J connectivity index is 1.64. The summed E-state index contributed by atoms with van der Waals surface area (Å²) in [4.78, 5) is 28.4. The van der Waals surface area contributed by atoms with Crippen LogP contribution in [0.5, 0.6) is 0 Å². The number of thiophene rings is 1. The van der Waals surface area contributed by atoms with E-state index in [1.165, 1.54) is 23.2 Å². The van der Waals surface area contributed by atoms with E-state index in [1.54, 1.807) is 17.6 Å². The van der Waals surface area contributed by atoms with Gasteiger partial charge in [0.1, 0.15) is 17.0 Å². The molecule has 0 fully saturated rings. The third-order valence-electron chi connectivity index (χ3n) is 5.65. The highest BCUT2D eigenvalue weighted by Gasteiger charge is 2.28. The number of hydrogen-bond donors (Lipinski definition) is 1. The van der Waals surface area contributed by atoms with Crippen LogP contribution in [0.15, 0.2) is 29.5 Å². The fourth-order valence-corrected chi connectivity index (χ4v) is 5.57. The van der Waals surface area contributed by atoms with Crippen molar-refractivity contribution in [2.45, 2.75) is 46.5 Å². The summed E-state index contributed by atoms with van der Waals surface area (Å²) in [5.41, 5.74) is 7.38. The Morgan fingerprint density at radius 1 is 1.36 bits per heavy atom. The summed E-state index contributed by atoms with van der Waals surface area (Å²) in [6.07, 6.45) is 6.98. The number of esters is 1. The maximum atomic E-state index is 12.9. The van der Waals surface area contributed by atoms with E-state index in [2.05, 4.69) is 20.1 Å². The topological polar surface area (TPSA) is 112 Å². The lowest BCUT2D eigenvalue weighted by Gasteiger charge is -2.13. The van der Waals surface area contributed by atoms with Crippen molar-refractivity contribution < 1.29 is 14.5 Å². The number of fused-ring (bicyclic) bond motifs is 1. The molecule has 0 atom stereocenters. The number of rotatable bonds is 7. The molecule has 0 saturated heterocycles. The maximum Gasteiger partial charge on any atom is 0.341 e. The molecular weight excluding hydrogens is 442 g/mol. The van der Waals surface area contributed by atoms with E-state index in [-0.39, 0.29) is 11.7 Å². The number of nitro groups is 1. The van der Waals surface area contributed by atoms with E-state index in [4.69, 9.17) is 4.74 Å². The molecule has 33 heavy (non-hydrogen) atoms. The Morgan fingerprint density at radius 3 is 2.85 bits per heavy atom. The van der Waals surface area contributed by atoms with E-state index in [9.17, 15) is 14.9 Å². The quantitative estimate of drug-likeness (QED) is 0.227. The smallest absolute Gasteiger partial charge is 0.341 e. The first-order valence-corrected chi connectivity index (χ1v) is 11.6. The SMILES string of the molecule is CCOC(=O)c1c(-n2c(C)cc(C=NNc3ccc([N+](=O)[O-])cn3)c2C)sc2c1CCCC2. The number of aromatic nitrogens is 2. The van der Waals surface area contributed by atoms with Crippen molar-refractivity contribution in [2.75, 3.05) is 12.0 Å². The molecular formula is C23H25N5O4S. The predicted molar refractivity (Wildman–Crippen MR) is 128 cm³/mol. The van der Waals surface area contributed by atoms with Gasteiger partial charge in [-0.15, -0.1) is 11.3 Å². The fourth-order valence-electron chi connectivity index (χ4n) is 4.08. The number of nitrogens with zero attached hydrogens (tertiary/aromatic N) is 4. The summed E-state index contributed by atoms with van der Waals surface area (Å²) in [6.45, 7) is 6.16. The highest BCUT2D eigenvalue weighted by atomic mass is 32.1. The Hall–Kier alpha value is -3.53. The molecule has 1 aliphatic rings. The lowest BCUT2D eigenvalue weighted by Crippen LogP contribution is -2.12. The van der Waals surface area contributed by atoms with Gasteiger partial charge >= 0.3 is 5.97 Å². The number of hydrazone groups is 1. The largest absolute Gasteiger partial charge is 0.462 e. The molecule has 1 N–H and O–H groups in total. The van der Waals surface area contributed by atoms with Crippen molar-refractivity contribution in [3.63, 3.8) is 0 Å². The molecule has 3 aromatic heterocycles. The van der Waals surface area contributed by atoms with Crippen LogP contribution in [0.1, 0.15) is 57.5 Å². The molecule has 1 aliphatic carbocycles. The van der Waals surface area contributed by atoms with Crippen molar-refractivity contribution in [3.8, 4) is 5.00 Å². The molecule has 9 nitrogen and oxygen atoms in total. The molecule has 4 rings (SSSR count). The van der Waals surface area contributed by atoms with E-state index in [0.717, 1.165) is 53.2 Å². The molecule has 3 aromatic rings. The van der Waals surface area contributed by atoms with Crippen LogP contribution in [0.3, 0.4) is 0 Å². The van der Waals surface area contributed by atoms with E-state index in [0.29, 0.717) is 18.0 Å². The molecule has 0 amide bonds. The molecule has 3 heterocycles. The predicted octanol–water partition coefficient (Wildman–Crippen LogP) is 4.96. The van der Waals surface area contributed by atoms with E-state index >= 15 is 0 Å². The molecule has 0 radical (unpaired) electrons. The summed E-state index contributed by atoms with van der Waals surface area (Å²) in [6, 6.07) is 4.88. The number of ether oxygens (including phenoxy) is 1. The Kier molecular flexibility index (Phi) is 6.55. The molecule has 0 saturated carbocycles. The van der Waals surface area contributed by atoms with Gasteiger partial charge in [-0.05, 0) is 64.2 Å². The monoisotopic (exact) mass is 467 g/mol. The number of carbonyl (C=O) groups is 1. The summed E-state index contributed by atoms with van der Waals surface area (Å²) in [7, 11) is 0. The lowest BCUT2D eigenvalue weighted by atomic mass is 9.95. The number of carbonyl (C=O) groups excluding carboxylic acids is 1. The average molecular weight is 468 g/mol. The number of aryl methyl sites for hydroxylation is 2. The Labute approximate surface area is 195 Å². The van der Waals surface area contributed by atoms with E-state index < -0.39 is 4.92 Å². The van der Waals surface area contributed by atoms with Crippen LogP contribution in [0.4, 0.5) is 11.5 Å². The second kappa shape index (κ2) is 9.53. The zero-order chi connectivity index (χ0) is 23.5. The fraction of sp³-hybridized carbons (Fsp3) is 0.348. The van der Waals surface area contributed by atoms with Crippen LogP contribution < -0.4 is 5.43 Å². The van der Waals surface area contributed by atoms with Gasteiger partial charge in [-0.2, -0.15) is 5.10 Å². The minimum Gasteiger partial charge on any atom is -0.462 e. The number of nitrogens with one attached hydrogen (secondary N) is 1. The van der Waals surface area contributed by atoms with Crippen molar-refractivity contribution in [1.82, 2.24) is 9.55 Å². The third kappa shape index (κ3) is 4.51. The molecule has 0 spiro atoms. The van der Waals surface area contributed by atoms with Gasteiger partial charge in [0.05, 0.1) is 23.3 Å². The zero-order valence-electron chi connectivity index (χ0n) is 18.8. The average Bonchev–Trinajstić information content (AvgIpc) is 3.30. The van der Waals surface area contributed by atoms with Gasteiger partial charge in [0.15, 0.2) is 0 Å². The van der Waals surface area contributed by atoms with Crippen LogP contribution in [0.25, 0.3) is 5.00 Å². The number of hydrogen-bond acceptors (Lipinski definition) is 8. The zero-order valence-corrected chi connectivity index (χ0v) is 19.6. The van der Waals surface area contributed by atoms with Gasteiger partial charge in [0.25, 0.3) is 5.69 Å². The molecule has 0 aromatic carbocycles. The van der Waals surface area contributed by atoms with Crippen LogP contribution in [-0.4, -0.2) is 33.3 Å². The van der Waals surface area contributed by atoms with Crippen LogP contribution in [0.2, 0.25) is 0 Å². The summed E-state index contributed by atoms with van der Waals surface area (Å²) < 4.78 is 7.51. The molecule has 10 heteroatoms. The second-order valence-corrected chi connectivity index (χ2v) is 8.89.